The van der Waals surface area contributed by atoms with Gasteiger partial charge in [-0.15, -0.1) is 11.3 Å². The molecule has 2 rings (SSSR count). The molecule has 0 bridgehead atoms. The fourth-order valence-electron chi connectivity index (χ4n) is 1.85. The molecule has 0 atom stereocenters. The van der Waals surface area contributed by atoms with Crippen LogP contribution in [0.15, 0.2) is 34.1 Å². The summed E-state index contributed by atoms with van der Waals surface area (Å²) < 4.78 is 1.13. The third-order valence-corrected chi connectivity index (χ3v) is 4.54. The van der Waals surface area contributed by atoms with Crippen molar-refractivity contribution in [3.63, 3.8) is 0 Å². The Kier molecular flexibility index (Phi) is 5.20. The summed E-state index contributed by atoms with van der Waals surface area (Å²) in [6.45, 7) is 5.35. The zero-order valence-electron chi connectivity index (χ0n) is 11.5. The maximum Gasteiger partial charge on any atom is 0.251 e. The fraction of sp³-hybridized carbons (Fsp3) is 0.267. The van der Waals surface area contributed by atoms with Crippen LogP contribution in [0.25, 0.3) is 0 Å². The minimum atomic E-state index is -0.0329. The summed E-state index contributed by atoms with van der Waals surface area (Å²) in [5, 5.41) is 6.20. The van der Waals surface area contributed by atoms with Crippen molar-refractivity contribution >= 4 is 38.9 Å². The van der Waals surface area contributed by atoms with Gasteiger partial charge in [0, 0.05) is 29.2 Å². The van der Waals surface area contributed by atoms with Gasteiger partial charge in [0.1, 0.15) is 0 Å². The molecule has 0 saturated heterocycles. The van der Waals surface area contributed by atoms with Gasteiger partial charge >= 0.3 is 0 Å². The number of benzene rings is 1. The highest BCUT2D eigenvalue weighted by Crippen LogP contribution is 2.24. The van der Waals surface area contributed by atoms with Crippen molar-refractivity contribution in [2.24, 2.45) is 0 Å². The minimum Gasteiger partial charge on any atom is -0.380 e. The van der Waals surface area contributed by atoms with Gasteiger partial charge < -0.3 is 10.6 Å². The quantitative estimate of drug-likeness (QED) is 0.847. The lowest BCUT2D eigenvalue weighted by Crippen LogP contribution is -2.22. The van der Waals surface area contributed by atoms with E-state index in [4.69, 9.17) is 0 Å². The van der Waals surface area contributed by atoms with E-state index < -0.39 is 0 Å². The molecule has 1 aromatic carbocycles. The predicted octanol–water partition coefficient (Wildman–Crippen LogP) is 4.18. The highest BCUT2D eigenvalue weighted by molar-refractivity contribution is 9.11. The van der Waals surface area contributed by atoms with Gasteiger partial charge in [0.05, 0.1) is 3.79 Å². The molecular weight excluding hydrogens is 336 g/mol. The molecule has 2 N–H and O–H groups in total. The Bertz CT molecular complexity index is 610. The average molecular weight is 353 g/mol. The van der Waals surface area contributed by atoms with E-state index in [-0.39, 0.29) is 5.91 Å². The van der Waals surface area contributed by atoms with Crippen LogP contribution in [0, 0.1) is 6.92 Å². The summed E-state index contributed by atoms with van der Waals surface area (Å²) in [6, 6.07) is 9.86. The van der Waals surface area contributed by atoms with Crippen molar-refractivity contribution in [1.82, 2.24) is 5.32 Å². The van der Waals surface area contributed by atoms with Crippen molar-refractivity contribution in [3.05, 3.63) is 50.1 Å². The molecule has 0 fully saturated rings. The lowest BCUT2D eigenvalue weighted by atomic mass is 10.1. The summed E-state index contributed by atoms with van der Waals surface area (Å²) in [4.78, 5) is 13.1. The highest BCUT2D eigenvalue weighted by Gasteiger charge is 2.07. The van der Waals surface area contributed by atoms with E-state index in [9.17, 15) is 4.79 Å². The largest absolute Gasteiger partial charge is 0.380 e. The molecule has 1 amide bonds. The van der Waals surface area contributed by atoms with Gasteiger partial charge in [-0.3, -0.25) is 4.79 Å². The van der Waals surface area contributed by atoms with Gasteiger partial charge in [0.2, 0.25) is 0 Å². The summed E-state index contributed by atoms with van der Waals surface area (Å²) in [5.74, 6) is -0.0329. The van der Waals surface area contributed by atoms with E-state index in [0.717, 1.165) is 21.6 Å². The molecule has 20 heavy (non-hydrogen) atoms. The average Bonchev–Trinajstić information content (AvgIpc) is 2.84. The molecule has 0 saturated carbocycles. The molecule has 0 radical (unpaired) electrons. The third kappa shape index (κ3) is 3.84. The van der Waals surface area contributed by atoms with Crippen LogP contribution in [0.5, 0.6) is 0 Å². The minimum absolute atomic E-state index is 0.0329. The second kappa shape index (κ2) is 6.90. The normalized spacial score (nSPS) is 10.3. The number of hydrogen-bond acceptors (Lipinski definition) is 3. The first-order chi connectivity index (χ1) is 9.60. The number of carbonyl (C=O) groups is 1. The second-order valence-corrected chi connectivity index (χ2v) is 7.00. The van der Waals surface area contributed by atoms with Crippen LogP contribution in [0.1, 0.15) is 27.7 Å². The number of nitrogens with one attached hydrogen (secondary N) is 2. The fourth-order valence-corrected chi connectivity index (χ4v) is 3.27. The number of thiophene rings is 1. The van der Waals surface area contributed by atoms with Gasteiger partial charge in [-0.25, -0.2) is 0 Å². The van der Waals surface area contributed by atoms with E-state index >= 15 is 0 Å². The Labute approximate surface area is 131 Å². The van der Waals surface area contributed by atoms with E-state index in [1.165, 1.54) is 4.88 Å². The van der Waals surface area contributed by atoms with Crippen LogP contribution >= 0.6 is 27.3 Å². The van der Waals surface area contributed by atoms with Gasteiger partial charge in [-0.2, -0.15) is 0 Å². The van der Waals surface area contributed by atoms with Crippen molar-refractivity contribution in [1.29, 1.82) is 0 Å². The van der Waals surface area contributed by atoms with Crippen molar-refractivity contribution in [3.8, 4) is 0 Å². The van der Waals surface area contributed by atoms with Gasteiger partial charge in [-0.1, -0.05) is 6.07 Å². The zero-order valence-corrected chi connectivity index (χ0v) is 13.9. The smallest absolute Gasteiger partial charge is 0.251 e. The second-order valence-electron chi connectivity index (χ2n) is 4.45. The molecule has 3 nitrogen and oxygen atoms in total. The van der Waals surface area contributed by atoms with Gasteiger partial charge in [0.25, 0.3) is 5.91 Å². The Hall–Kier alpha value is -1.33. The maximum atomic E-state index is 11.8. The number of halogens is 1. The van der Waals surface area contributed by atoms with Crippen LogP contribution < -0.4 is 10.6 Å². The first kappa shape index (κ1) is 15.1. The molecule has 1 aromatic heterocycles. The predicted molar refractivity (Wildman–Crippen MR) is 88.5 cm³/mol. The number of hydrogen-bond donors (Lipinski definition) is 2. The molecule has 0 aliphatic carbocycles. The molecule has 106 valence electrons. The van der Waals surface area contributed by atoms with Gasteiger partial charge in [0.15, 0.2) is 0 Å². The van der Waals surface area contributed by atoms with Crippen molar-refractivity contribution < 1.29 is 4.79 Å². The Morgan fingerprint density at radius 1 is 1.30 bits per heavy atom. The lowest BCUT2D eigenvalue weighted by molar-refractivity contribution is 0.0956. The number of carbonyl (C=O) groups excluding carboxylic acids is 1. The first-order valence-electron chi connectivity index (χ1n) is 6.47. The molecule has 0 aliphatic heterocycles. The Morgan fingerprint density at radius 3 is 2.75 bits per heavy atom. The zero-order chi connectivity index (χ0) is 14.5. The summed E-state index contributed by atoms with van der Waals surface area (Å²) in [7, 11) is 0. The molecule has 1 heterocycles. The van der Waals surface area contributed by atoms with Crippen LogP contribution in [0.3, 0.4) is 0 Å². The Balaban J connectivity index is 2.10. The number of rotatable bonds is 5. The number of amides is 1. The van der Waals surface area contributed by atoms with E-state index in [0.29, 0.717) is 12.1 Å². The maximum absolute atomic E-state index is 11.8. The lowest BCUT2D eigenvalue weighted by Gasteiger charge is -2.11. The third-order valence-electron chi connectivity index (χ3n) is 2.92. The standard InChI is InChI=1S/C15H17BrN2OS/c1-3-17-15(19)11-5-4-10(2)13(8-11)18-9-12-6-7-14(16)20-12/h4-8,18H,3,9H2,1-2H3,(H,17,19). The molecule has 5 heteroatoms. The highest BCUT2D eigenvalue weighted by atomic mass is 79.9. The molecular formula is C15H17BrN2OS. The first-order valence-corrected chi connectivity index (χ1v) is 8.08. The van der Waals surface area contributed by atoms with Gasteiger partial charge in [-0.05, 0) is 59.6 Å². The van der Waals surface area contributed by atoms with E-state index in [2.05, 4.69) is 32.6 Å². The summed E-state index contributed by atoms with van der Waals surface area (Å²) >= 11 is 5.16. The molecule has 0 aliphatic rings. The number of aryl methyl sites for hydroxylation is 1. The monoisotopic (exact) mass is 352 g/mol. The topological polar surface area (TPSA) is 41.1 Å². The molecule has 0 spiro atoms. The molecule has 2 aromatic rings. The summed E-state index contributed by atoms with van der Waals surface area (Å²) in [6.07, 6.45) is 0. The SMILES string of the molecule is CCNC(=O)c1ccc(C)c(NCc2ccc(Br)s2)c1. The van der Waals surface area contributed by atoms with E-state index in [1.54, 1.807) is 11.3 Å². The van der Waals surface area contributed by atoms with Crippen LogP contribution in [-0.4, -0.2) is 12.5 Å². The molecule has 0 unspecified atom stereocenters. The number of anilines is 1. The van der Waals surface area contributed by atoms with E-state index in [1.807, 2.05) is 38.1 Å². The van der Waals surface area contributed by atoms with Crippen LogP contribution in [0.2, 0.25) is 0 Å². The van der Waals surface area contributed by atoms with Crippen LogP contribution in [-0.2, 0) is 6.54 Å². The van der Waals surface area contributed by atoms with Crippen molar-refractivity contribution in [2.75, 3.05) is 11.9 Å². The Morgan fingerprint density at radius 2 is 2.10 bits per heavy atom. The van der Waals surface area contributed by atoms with Crippen LogP contribution in [0.4, 0.5) is 5.69 Å². The summed E-state index contributed by atoms with van der Waals surface area (Å²) in [5.41, 5.74) is 2.82. The van der Waals surface area contributed by atoms with Crippen molar-refractivity contribution in [2.45, 2.75) is 20.4 Å².